The summed E-state index contributed by atoms with van der Waals surface area (Å²) in [6.45, 7) is 1.51. The van der Waals surface area contributed by atoms with E-state index in [1.165, 1.54) is 14.0 Å². The third-order valence-electron chi connectivity index (χ3n) is 4.03. The Morgan fingerprint density at radius 3 is 2.36 bits per heavy atom. The summed E-state index contributed by atoms with van der Waals surface area (Å²) in [6.07, 6.45) is 3.07. The first kappa shape index (κ1) is 23.5. The first-order valence-corrected chi connectivity index (χ1v) is 10.2. The lowest BCUT2D eigenvalue weighted by molar-refractivity contribution is -0.145. The van der Waals surface area contributed by atoms with Crippen LogP contribution in [-0.2, 0) is 30.3 Å². The monoisotopic (exact) mass is 409 g/mol. The number of rotatable bonds is 12. The van der Waals surface area contributed by atoms with Gasteiger partial charge in [-0.2, -0.15) is 11.8 Å². The molecule has 3 atom stereocenters. The van der Waals surface area contributed by atoms with Gasteiger partial charge < -0.3 is 20.7 Å². The second-order valence-corrected chi connectivity index (χ2v) is 7.11. The van der Waals surface area contributed by atoms with Crippen molar-refractivity contribution in [2.45, 2.75) is 37.9 Å². The van der Waals surface area contributed by atoms with E-state index in [4.69, 9.17) is 4.74 Å². The lowest BCUT2D eigenvalue weighted by atomic mass is 10.1. The van der Waals surface area contributed by atoms with Crippen molar-refractivity contribution in [3.63, 3.8) is 0 Å². The minimum absolute atomic E-state index is 0.267. The van der Waals surface area contributed by atoms with Crippen molar-refractivity contribution in [2.24, 2.45) is 0 Å². The zero-order valence-electron chi connectivity index (χ0n) is 16.3. The highest BCUT2D eigenvalue weighted by Gasteiger charge is 2.27. The number of benzene rings is 1. The summed E-state index contributed by atoms with van der Waals surface area (Å²) in [4.78, 5) is 47.5. The molecule has 1 aromatic rings. The number of amides is 3. The van der Waals surface area contributed by atoms with Gasteiger partial charge in [0, 0.05) is 6.42 Å². The number of carbonyl (C=O) groups excluding carboxylic acids is 4. The van der Waals surface area contributed by atoms with Gasteiger partial charge in [-0.15, -0.1) is 0 Å². The van der Waals surface area contributed by atoms with Crippen LogP contribution in [0.3, 0.4) is 0 Å². The van der Waals surface area contributed by atoms with Gasteiger partial charge in [-0.1, -0.05) is 30.3 Å². The average molecular weight is 410 g/mol. The van der Waals surface area contributed by atoms with Gasteiger partial charge in [0.05, 0.1) is 7.11 Å². The zero-order chi connectivity index (χ0) is 20.9. The molecule has 9 heteroatoms. The molecule has 28 heavy (non-hydrogen) atoms. The molecule has 8 nitrogen and oxygen atoms in total. The maximum Gasteiger partial charge on any atom is 0.328 e. The largest absolute Gasteiger partial charge is 0.467 e. The topological polar surface area (TPSA) is 114 Å². The van der Waals surface area contributed by atoms with E-state index in [1.54, 1.807) is 11.8 Å². The Morgan fingerprint density at radius 2 is 1.79 bits per heavy atom. The van der Waals surface area contributed by atoms with E-state index < -0.39 is 35.9 Å². The molecule has 0 spiro atoms. The first-order valence-electron chi connectivity index (χ1n) is 8.84. The second-order valence-electron chi connectivity index (χ2n) is 6.12. The zero-order valence-corrected chi connectivity index (χ0v) is 17.1. The van der Waals surface area contributed by atoms with Crippen LogP contribution in [0.15, 0.2) is 30.3 Å². The molecular weight excluding hydrogens is 382 g/mol. The summed E-state index contributed by atoms with van der Waals surface area (Å²) in [7, 11) is 1.25. The van der Waals surface area contributed by atoms with Crippen LogP contribution in [0.2, 0.25) is 0 Å². The summed E-state index contributed by atoms with van der Waals surface area (Å²) < 4.78 is 4.77. The van der Waals surface area contributed by atoms with E-state index in [1.807, 2.05) is 36.6 Å². The molecule has 3 unspecified atom stereocenters. The van der Waals surface area contributed by atoms with E-state index in [-0.39, 0.29) is 6.42 Å². The maximum atomic E-state index is 12.5. The average Bonchev–Trinajstić information content (AvgIpc) is 2.70. The fourth-order valence-electron chi connectivity index (χ4n) is 2.47. The number of methoxy groups -OCH3 is 1. The van der Waals surface area contributed by atoms with Gasteiger partial charge in [0.2, 0.25) is 18.2 Å². The van der Waals surface area contributed by atoms with Gasteiger partial charge in [-0.3, -0.25) is 14.4 Å². The van der Waals surface area contributed by atoms with Crippen LogP contribution in [0, 0.1) is 0 Å². The van der Waals surface area contributed by atoms with Crippen molar-refractivity contribution in [3.05, 3.63) is 35.9 Å². The Morgan fingerprint density at radius 1 is 1.11 bits per heavy atom. The van der Waals surface area contributed by atoms with Crippen molar-refractivity contribution in [1.82, 2.24) is 16.0 Å². The Hall–Kier alpha value is -2.55. The smallest absolute Gasteiger partial charge is 0.328 e. The number of hydrogen-bond donors (Lipinski definition) is 3. The Bertz CT molecular complexity index is 656. The number of esters is 1. The lowest BCUT2D eigenvalue weighted by Crippen LogP contribution is -2.54. The van der Waals surface area contributed by atoms with Crippen molar-refractivity contribution < 1.29 is 23.9 Å². The molecule has 154 valence electrons. The minimum atomic E-state index is -0.888. The van der Waals surface area contributed by atoms with Gasteiger partial charge in [-0.25, -0.2) is 4.79 Å². The molecule has 0 aliphatic carbocycles. The van der Waals surface area contributed by atoms with Crippen LogP contribution in [0.5, 0.6) is 0 Å². The van der Waals surface area contributed by atoms with Crippen molar-refractivity contribution in [1.29, 1.82) is 0 Å². The van der Waals surface area contributed by atoms with Crippen LogP contribution in [0.4, 0.5) is 0 Å². The number of hydrogen-bond acceptors (Lipinski definition) is 6. The van der Waals surface area contributed by atoms with Gasteiger partial charge in [0.25, 0.3) is 0 Å². The van der Waals surface area contributed by atoms with Gasteiger partial charge in [0.1, 0.15) is 18.1 Å². The SMILES string of the molecule is COC(=O)C(Cc1ccccc1)NC(=O)C(C)NC(=O)C(CCSC)NC=O. The highest BCUT2D eigenvalue weighted by Crippen LogP contribution is 2.05. The predicted molar refractivity (Wildman–Crippen MR) is 108 cm³/mol. The normalized spacial score (nSPS) is 13.5. The number of nitrogens with one attached hydrogen (secondary N) is 3. The molecular formula is C19H27N3O5S. The van der Waals surface area contributed by atoms with Crippen LogP contribution < -0.4 is 16.0 Å². The van der Waals surface area contributed by atoms with Crippen LogP contribution >= 0.6 is 11.8 Å². The number of carbonyl (C=O) groups is 4. The van der Waals surface area contributed by atoms with Crippen LogP contribution in [0.25, 0.3) is 0 Å². The van der Waals surface area contributed by atoms with E-state index in [9.17, 15) is 19.2 Å². The second kappa shape index (κ2) is 12.8. The van der Waals surface area contributed by atoms with Gasteiger partial charge in [0.15, 0.2) is 0 Å². The molecule has 0 saturated heterocycles. The molecule has 1 rings (SSSR count). The summed E-state index contributed by atoms with van der Waals surface area (Å²) in [6, 6.07) is 6.73. The van der Waals surface area contributed by atoms with E-state index in [0.717, 1.165) is 5.56 Å². The van der Waals surface area contributed by atoms with Crippen molar-refractivity contribution in [3.8, 4) is 0 Å². The maximum absolute atomic E-state index is 12.5. The quantitative estimate of drug-likeness (QED) is 0.337. The van der Waals surface area contributed by atoms with Crippen molar-refractivity contribution in [2.75, 3.05) is 19.1 Å². The van der Waals surface area contributed by atoms with Crippen LogP contribution in [0.1, 0.15) is 18.9 Å². The summed E-state index contributed by atoms with van der Waals surface area (Å²) in [5, 5.41) is 7.63. The molecule has 0 bridgehead atoms. The Balaban J connectivity index is 2.71. The molecule has 3 N–H and O–H groups in total. The van der Waals surface area contributed by atoms with E-state index in [0.29, 0.717) is 18.6 Å². The third-order valence-corrected chi connectivity index (χ3v) is 4.68. The lowest BCUT2D eigenvalue weighted by Gasteiger charge is -2.22. The first-order chi connectivity index (χ1) is 13.4. The van der Waals surface area contributed by atoms with Gasteiger partial charge >= 0.3 is 5.97 Å². The Labute approximate surface area is 169 Å². The number of thioether (sulfide) groups is 1. The van der Waals surface area contributed by atoms with E-state index >= 15 is 0 Å². The molecule has 0 aliphatic rings. The molecule has 3 amide bonds. The number of ether oxygens (including phenoxy) is 1. The van der Waals surface area contributed by atoms with Gasteiger partial charge in [-0.05, 0) is 30.9 Å². The minimum Gasteiger partial charge on any atom is -0.467 e. The Kier molecular flexibility index (Phi) is 10.7. The molecule has 0 aromatic heterocycles. The molecule has 0 heterocycles. The van der Waals surface area contributed by atoms with Crippen LogP contribution in [-0.4, -0.2) is 61.4 Å². The van der Waals surface area contributed by atoms with E-state index in [2.05, 4.69) is 16.0 Å². The summed E-state index contributed by atoms with van der Waals surface area (Å²) >= 11 is 1.55. The fraction of sp³-hybridized carbons (Fsp3) is 0.474. The summed E-state index contributed by atoms with van der Waals surface area (Å²) in [5.41, 5.74) is 0.863. The molecule has 0 saturated carbocycles. The highest BCUT2D eigenvalue weighted by molar-refractivity contribution is 7.98. The molecule has 0 fully saturated rings. The molecule has 0 radical (unpaired) electrons. The van der Waals surface area contributed by atoms with Crippen molar-refractivity contribution >= 4 is 36.0 Å². The summed E-state index contributed by atoms with van der Waals surface area (Å²) in [5.74, 6) is -0.867. The predicted octanol–water partition coefficient (Wildman–Crippen LogP) is 0.259. The fourth-order valence-corrected chi connectivity index (χ4v) is 2.94. The molecule has 0 aliphatic heterocycles. The molecule has 1 aromatic carbocycles. The highest BCUT2D eigenvalue weighted by atomic mass is 32.2. The standard InChI is InChI=1S/C19H27N3O5S/c1-13(21-18(25)15(20-12-23)9-10-28-3)17(24)22-16(19(26)27-2)11-14-7-5-4-6-8-14/h4-8,12-13,15-16H,9-11H2,1-3H3,(H,20,23)(H,21,25)(H,22,24). The third kappa shape index (κ3) is 7.99.